The van der Waals surface area contributed by atoms with Gasteiger partial charge in [-0.15, -0.1) is 0 Å². The van der Waals surface area contributed by atoms with Gasteiger partial charge in [0, 0.05) is 17.5 Å². The van der Waals surface area contributed by atoms with Gasteiger partial charge < -0.3 is 9.67 Å². The minimum absolute atomic E-state index is 0.347. The second-order valence-corrected chi connectivity index (χ2v) is 4.14. The number of aromatic carboxylic acids is 1. The van der Waals surface area contributed by atoms with Crippen LogP contribution in [0.2, 0.25) is 5.02 Å². The first-order valence-corrected chi connectivity index (χ1v) is 5.44. The van der Waals surface area contributed by atoms with Crippen LogP contribution < -0.4 is 0 Å². The quantitative estimate of drug-likeness (QED) is 0.872. The van der Waals surface area contributed by atoms with Crippen LogP contribution in [0.3, 0.4) is 0 Å². The monoisotopic (exact) mass is 237 g/mol. The van der Waals surface area contributed by atoms with Crippen molar-refractivity contribution in [3.63, 3.8) is 0 Å². The molecule has 0 aliphatic carbocycles. The maximum atomic E-state index is 11.2. The molecule has 3 nitrogen and oxygen atoms in total. The minimum atomic E-state index is -0.897. The highest BCUT2D eigenvalue weighted by Crippen LogP contribution is 2.28. The second-order valence-electron chi connectivity index (χ2n) is 3.71. The molecular formula is C12H12ClNO2. The normalized spacial score (nSPS) is 10.9. The summed E-state index contributed by atoms with van der Waals surface area (Å²) in [5, 5.41) is 10.8. The molecule has 1 aromatic carbocycles. The summed E-state index contributed by atoms with van der Waals surface area (Å²) in [7, 11) is 1.75. The molecule has 1 heterocycles. The third-order valence-corrected chi connectivity index (χ3v) is 3.06. The number of hydrogen-bond acceptors (Lipinski definition) is 1. The third-order valence-electron chi connectivity index (χ3n) is 2.82. The van der Waals surface area contributed by atoms with Crippen molar-refractivity contribution in [1.82, 2.24) is 4.57 Å². The molecule has 0 fully saturated rings. The number of halogens is 1. The number of aryl methyl sites for hydroxylation is 2. The Balaban J connectivity index is 2.90. The first-order valence-electron chi connectivity index (χ1n) is 5.06. The molecular weight excluding hydrogens is 226 g/mol. The highest BCUT2D eigenvalue weighted by Gasteiger charge is 2.18. The van der Waals surface area contributed by atoms with E-state index in [1.54, 1.807) is 23.7 Å². The molecule has 0 saturated carbocycles. The largest absolute Gasteiger partial charge is 0.477 e. The van der Waals surface area contributed by atoms with Gasteiger partial charge in [-0.1, -0.05) is 24.6 Å². The molecule has 16 heavy (non-hydrogen) atoms. The van der Waals surface area contributed by atoms with Crippen molar-refractivity contribution in [3.05, 3.63) is 34.5 Å². The van der Waals surface area contributed by atoms with E-state index in [4.69, 9.17) is 11.6 Å². The maximum absolute atomic E-state index is 11.2. The summed E-state index contributed by atoms with van der Waals surface area (Å²) in [5.74, 6) is -0.897. The molecule has 0 saturated heterocycles. The number of fused-ring (bicyclic) bond motifs is 1. The zero-order valence-electron chi connectivity index (χ0n) is 9.12. The zero-order valence-corrected chi connectivity index (χ0v) is 9.88. The van der Waals surface area contributed by atoms with E-state index in [1.165, 1.54) is 0 Å². The molecule has 0 unspecified atom stereocenters. The summed E-state index contributed by atoms with van der Waals surface area (Å²) in [6.07, 6.45) is 0.695. The van der Waals surface area contributed by atoms with Gasteiger partial charge in [-0.05, 0) is 24.1 Å². The summed E-state index contributed by atoms with van der Waals surface area (Å²) in [6, 6.07) is 5.46. The van der Waals surface area contributed by atoms with Crippen LogP contribution in [0, 0.1) is 0 Å². The lowest BCUT2D eigenvalue weighted by Gasteiger charge is -2.00. The smallest absolute Gasteiger partial charge is 0.352 e. The van der Waals surface area contributed by atoms with Crippen LogP contribution in [0.25, 0.3) is 10.9 Å². The number of carboxylic acid groups (broad SMARTS) is 1. The first kappa shape index (κ1) is 11.0. The van der Waals surface area contributed by atoms with E-state index in [2.05, 4.69) is 0 Å². The number of nitrogens with zero attached hydrogens (tertiary/aromatic N) is 1. The number of carbonyl (C=O) groups is 1. The van der Waals surface area contributed by atoms with Gasteiger partial charge in [-0.2, -0.15) is 0 Å². The van der Waals surface area contributed by atoms with Crippen molar-refractivity contribution < 1.29 is 9.90 Å². The molecule has 84 valence electrons. The molecule has 0 amide bonds. The van der Waals surface area contributed by atoms with E-state index in [9.17, 15) is 9.90 Å². The van der Waals surface area contributed by atoms with Gasteiger partial charge in [0.15, 0.2) is 0 Å². The Morgan fingerprint density at radius 1 is 1.50 bits per heavy atom. The van der Waals surface area contributed by atoms with Crippen molar-refractivity contribution >= 4 is 28.5 Å². The van der Waals surface area contributed by atoms with Gasteiger partial charge in [0.25, 0.3) is 0 Å². The molecule has 2 aromatic rings. The van der Waals surface area contributed by atoms with E-state index in [-0.39, 0.29) is 0 Å². The first-order chi connectivity index (χ1) is 7.56. The van der Waals surface area contributed by atoms with Crippen molar-refractivity contribution in [2.45, 2.75) is 13.3 Å². The van der Waals surface area contributed by atoms with Gasteiger partial charge in [0.05, 0.1) is 5.52 Å². The molecule has 4 heteroatoms. The lowest BCUT2D eigenvalue weighted by molar-refractivity contribution is 0.0686. The highest BCUT2D eigenvalue weighted by molar-refractivity contribution is 6.31. The van der Waals surface area contributed by atoms with Crippen molar-refractivity contribution in [3.8, 4) is 0 Å². The number of rotatable bonds is 2. The fraction of sp³-hybridized carbons (Fsp3) is 0.250. The summed E-state index contributed by atoms with van der Waals surface area (Å²) in [4.78, 5) is 11.2. The lowest BCUT2D eigenvalue weighted by atomic mass is 10.1. The number of carboxylic acids is 1. The third kappa shape index (κ3) is 1.48. The number of benzene rings is 1. The van der Waals surface area contributed by atoms with Crippen molar-refractivity contribution in [1.29, 1.82) is 0 Å². The summed E-state index contributed by atoms with van der Waals surface area (Å²) in [5.41, 5.74) is 2.07. The summed E-state index contributed by atoms with van der Waals surface area (Å²) >= 11 is 5.91. The Kier molecular flexibility index (Phi) is 2.64. The van der Waals surface area contributed by atoms with Crippen LogP contribution in [0.1, 0.15) is 23.0 Å². The molecule has 0 aliphatic heterocycles. The predicted molar refractivity (Wildman–Crippen MR) is 64.3 cm³/mol. The second kappa shape index (κ2) is 3.83. The fourth-order valence-corrected chi connectivity index (χ4v) is 2.28. The molecule has 1 aromatic heterocycles. The molecule has 0 bridgehead atoms. The van der Waals surface area contributed by atoms with Gasteiger partial charge in [0.1, 0.15) is 5.69 Å². The molecule has 0 atom stereocenters. The highest BCUT2D eigenvalue weighted by atomic mass is 35.5. The predicted octanol–water partition coefficient (Wildman–Crippen LogP) is 3.09. The molecule has 1 N–H and O–H groups in total. The van der Waals surface area contributed by atoms with Crippen LogP contribution in [0.15, 0.2) is 18.2 Å². The molecule has 2 rings (SSSR count). The topological polar surface area (TPSA) is 42.2 Å². The Morgan fingerprint density at radius 2 is 2.19 bits per heavy atom. The average Bonchev–Trinajstić information content (AvgIpc) is 2.51. The maximum Gasteiger partial charge on any atom is 0.352 e. The van der Waals surface area contributed by atoms with E-state index in [1.807, 2.05) is 13.0 Å². The van der Waals surface area contributed by atoms with Crippen LogP contribution >= 0.6 is 11.6 Å². The van der Waals surface area contributed by atoms with Gasteiger partial charge in [0.2, 0.25) is 0 Å². The Hall–Kier alpha value is -1.48. The van der Waals surface area contributed by atoms with E-state index in [0.717, 1.165) is 16.5 Å². The summed E-state index contributed by atoms with van der Waals surface area (Å²) in [6.45, 7) is 1.95. The van der Waals surface area contributed by atoms with Crippen LogP contribution in [0.4, 0.5) is 0 Å². The van der Waals surface area contributed by atoms with Gasteiger partial charge in [-0.25, -0.2) is 4.79 Å². The van der Waals surface area contributed by atoms with Gasteiger partial charge in [-0.3, -0.25) is 0 Å². The van der Waals surface area contributed by atoms with Crippen molar-refractivity contribution in [2.24, 2.45) is 7.05 Å². The van der Waals surface area contributed by atoms with Gasteiger partial charge >= 0.3 is 5.97 Å². The van der Waals surface area contributed by atoms with E-state index in [0.29, 0.717) is 17.1 Å². The van der Waals surface area contributed by atoms with Crippen LogP contribution in [-0.2, 0) is 13.5 Å². The number of aromatic nitrogens is 1. The van der Waals surface area contributed by atoms with E-state index >= 15 is 0 Å². The van der Waals surface area contributed by atoms with E-state index < -0.39 is 5.97 Å². The Morgan fingerprint density at radius 3 is 2.75 bits per heavy atom. The number of hydrogen-bond donors (Lipinski definition) is 1. The van der Waals surface area contributed by atoms with Crippen molar-refractivity contribution in [2.75, 3.05) is 0 Å². The van der Waals surface area contributed by atoms with Crippen LogP contribution in [0.5, 0.6) is 0 Å². The Bertz CT molecular complexity index is 572. The standard InChI is InChI=1S/C12H12ClNO2/c1-3-8-9-5-4-7(13)6-10(9)14(2)11(8)12(15)16/h4-6H,3H2,1-2H3,(H,15,16). The lowest BCUT2D eigenvalue weighted by Crippen LogP contribution is -2.06. The summed E-state index contributed by atoms with van der Waals surface area (Å²) < 4.78 is 1.68. The minimum Gasteiger partial charge on any atom is -0.477 e. The Labute approximate surface area is 98.3 Å². The zero-order chi connectivity index (χ0) is 11.9. The van der Waals surface area contributed by atoms with Crippen LogP contribution in [-0.4, -0.2) is 15.6 Å². The molecule has 0 radical (unpaired) electrons. The SMILES string of the molecule is CCc1c(C(=O)O)n(C)c2cc(Cl)ccc12. The molecule has 0 aliphatic rings. The fourth-order valence-electron chi connectivity index (χ4n) is 2.12. The molecule has 0 spiro atoms. The average molecular weight is 238 g/mol.